The van der Waals surface area contributed by atoms with Crippen LogP contribution in [-0.4, -0.2) is 35.7 Å². The summed E-state index contributed by atoms with van der Waals surface area (Å²) in [5.41, 5.74) is 2.64. The summed E-state index contributed by atoms with van der Waals surface area (Å²) in [6.45, 7) is 4.04. The fourth-order valence-corrected chi connectivity index (χ4v) is 2.96. The summed E-state index contributed by atoms with van der Waals surface area (Å²) in [4.78, 5) is 3.24. The topological polar surface area (TPSA) is 24.5 Å². The van der Waals surface area contributed by atoms with E-state index in [1.165, 1.54) is 11.1 Å². The number of benzene rings is 2. The van der Waals surface area contributed by atoms with Crippen molar-refractivity contribution in [2.75, 3.05) is 19.7 Å². The fraction of sp³-hybridized carbons (Fsp3) is 0.316. The van der Waals surface area contributed by atoms with Gasteiger partial charge in [-0.25, -0.2) is 0 Å². The predicted octanol–water partition coefficient (Wildman–Crippen LogP) is 3.00. The van der Waals surface area contributed by atoms with E-state index in [0.29, 0.717) is 6.61 Å². The predicted molar refractivity (Wildman–Crippen MR) is 97.3 cm³/mol. The molecule has 1 fully saturated rings. The minimum Gasteiger partial charge on any atom is -0.375 e. The standard InChI is InChI=1S/C19H22N2OS/c23-19-15-22-18(11-20-19)14-21(12-16-7-3-1-4-8-16)13-17-9-5-2-6-10-17/h1-10,18H,11-15H2,(H,20,23). The first-order chi connectivity index (χ1) is 11.3. The highest BCUT2D eigenvalue weighted by Crippen LogP contribution is 2.12. The highest BCUT2D eigenvalue weighted by atomic mass is 32.1. The van der Waals surface area contributed by atoms with Crippen molar-refractivity contribution >= 4 is 17.2 Å². The zero-order valence-electron chi connectivity index (χ0n) is 13.2. The van der Waals surface area contributed by atoms with E-state index in [1.807, 2.05) is 0 Å². The van der Waals surface area contributed by atoms with Crippen LogP contribution in [-0.2, 0) is 17.8 Å². The molecule has 3 rings (SSSR count). The number of morpholine rings is 1. The Bertz CT molecular complexity index is 566. The number of rotatable bonds is 6. The number of nitrogens with zero attached hydrogens (tertiary/aromatic N) is 1. The molecular formula is C19H22N2OS. The van der Waals surface area contributed by atoms with Crippen LogP contribution >= 0.6 is 12.2 Å². The first-order valence-corrected chi connectivity index (χ1v) is 8.39. The van der Waals surface area contributed by atoms with Crippen molar-refractivity contribution in [3.63, 3.8) is 0 Å². The van der Waals surface area contributed by atoms with Crippen LogP contribution in [0.15, 0.2) is 60.7 Å². The lowest BCUT2D eigenvalue weighted by atomic mass is 10.1. The molecule has 1 saturated heterocycles. The summed E-state index contributed by atoms with van der Waals surface area (Å²) >= 11 is 5.13. The monoisotopic (exact) mass is 326 g/mol. The average molecular weight is 326 g/mol. The lowest BCUT2D eigenvalue weighted by Crippen LogP contribution is -2.47. The van der Waals surface area contributed by atoms with Gasteiger partial charge in [0.05, 0.1) is 12.7 Å². The Morgan fingerprint density at radius 1 is 0.957 bits per heavy atom. The van der Waals surface area contributed by atoms with Crippen LogP contribution < -0.4 is 5.32 Å². The van der Waals surface area contributed by atoms with Crippen LogP contribution in [0.1, 0.15) is 11.1 Å². The maximum Gasteiger partial charge on any atom is 0.102 e. The number of hydrogen-bond acceptors (Lipinski definition) is 3. The van der Waals surface area contributed by atoms with E-state index in [0.717, 1.165) is 31.2 Å². The van der Waals surface area contributed by atoms with Crippen molar-refractivity contribution < 1.29 is 4.74 Å². The van der Waals surface area contributed by atoms with Crippen LogP contribution in [0.25, 0.3) is 0 Å². The Morgan fingerprint density at radius 2 is 1.52 bits per heavy atom. The molecule has 2 aromatic carbocycles. The molecule has 2 aromatic rings. The van der Waals surface area contributed by atoms with Crippen LogP contribution in [0.4, 0.5) is 0 Å². The second-order valence-electron chi connectivity index (χ2n) is 5.88. The van der Waals surface area contributed by atoms with Gasteiger partial charge in [0.15, 0.2) is 0 Å². The summed E-state index contributed by atoms with van der Waals surface area (Å²) < 4.78 is 5.85. The first-order valence-electron chi connectivity index (χ1n) is 7.98. The molecular weight excluding hydrogens is 304 g/mol. The van der Waals surface area contributed by atoms with E-state index in [9.17, 15) is 0 Å². The Balaban J connectivity index is 1.66. The van der Waals surface area contributed by atoms with Gasteiger partial charge in [-0.1, -0.05) is 72.9 Å². The van der Waals surface area contributed by atoms with Crippen molar-refractivity contribution in [1.82, 2.24) is 10.2 Å². The van der Waals surface area contributed by atoms with Crippen LogP contribution in [0, 0.1) is 0 Å². The third kappa shape index (κ3) is 5.13. The molecule has 1 aliphatic rings. The number of ether oxygens (including phenoxy) is 1. The Kier molecular flexibility index (Phi) is 5.75. The molecule has 0 amide bonds. The number of thiocarbonyl (C=S) groups is 1. The molecule has 1 heterocycles. The zero-order valence-corrected chi connectivity index (χ0v) is 14.0. The van der Waals surface area contributed by atoms with Gasteiger partial charge in [-0.2, -0.15) is 0 Å². The molecule has 3 nitrogen and oxygen atoms in total. The Morgan fingerprint density at radius 3 is 2.00 bits per heavy atom. The lowest BCUT2D eigenvalue weighted by Gasteiger charge is -2.31. The number of nitrogens with one attached hydrogen (secondary N) is 1. The average Bonchev–Trinajstić information content (AvgIpc) is 2.59. The van der Waals surface area contributed by atoms with Gasteiger partial charge in [-0.05, 0) is 11.1 Å². The summed E-state index contributed by atoms with van der Waals surface area (Å²) in [5, 5.41) is 3.24. The largest absolute Gasteiger partial charge is 0.375 e. The van der Waals surface area contributed by atoms with E-state index in [2.05, 4.69) is 70.9 Å². The van der Waals surface area contributed by atoms with Gasteiger partial charge in [-0.3, -0.25) is 4.90 Å². The van der Waals surface area contributed by atoms with Gasteiger partial charge in [0.25, 0.3) is 0 Å². The Labute approximate surface area is 143 Å². The third-order valence-electron chi connectivity index (χ3n) is 3.94. The van der Waals surface area contributed by atoms with Crippen molar-refractivity contribution in [1.29, 1.82) is 0 Å². The Hall–Kier alpha value is -1.75. The molecule has 0 saturated carbocycles. The molecule has 23 heavy (non-hydrogen) atoms. The van der Waals surface area contributed by atoms with E-state index >= 15 is 0 Å². The lowest BCUT2D eigenvalue weighted by molar-refractivity contribution is 0.0352. The highest BCUT2D eigenvalue weighted by molar-refractivity contribution is 7.80. The van der Waals surface area contributed by atoms with E-state index < -0.39 is 0 Å². The second-order valence-corrected chi connectivity index (χ2v) is 6.37. The smallest absolute Gasteiger partial charge is 0.102 e. The molecule has 1 N–H and O–H groups in total. The van der Waals surface area contributed by atoms with E-state index in [1.54, 1.807) is 0 Å². The SMILES string of the molecule is S=C1COC(CN(Cc2ccccc2)Cc2ccccc2)CN1. The molecule has 1 aliphatic heterocycles. The van der Waals surface area contributed by atoms with Gasteiger partial charge < -0.3 is 10.1 Å². The fourth-order valence-electron chi connectivity index (χ4n) is 2.80. The van der Waals surface area contributed by atoms with Crippen LogP contribution in [0.2, 0.25) is 0 Å². The maximum absolute atomic E-state index is 5.85. The summed E-state index contributed by atoms with van der Waals surface area (Å²) in [6.07, 6.45) is 0.175. The minimum atomic E-state index is 0.175. The van der Waals surface area contributed by atoms with Gasteiger partial charge in [-0.15, -0.1) is 0 Å². The molecule has 0 radical (unpaired) electrons. The molecule has 0 aromatic heterocycles. The van der Waals surface area contributed by atoms with Crippen molar-refractivity contribution in [3.05, 3.63) is 71.8 Å². The molecule has 120 valence electrons. The maximum atomic E-state index is 5.85. The first kappa shape index (κ1) is 16.1. The van der Waals surface area contributed by atoms with E-state index in [4.69, 9.17) is 17.0 Å². The van der Waals surface area contributed by atoms with E-state index in [-0.39, 0.29) is 6.10 Å². The minimum absolute atomic E-state index is 0.175. The summed E-state index contributed by atoms with van der Waals surface area (Å²) in [6, 6.07) is 21.2. The van der Waals surface area contributed by atoms with Gasteiger partial charge in [0, 0.05) is 26.2 Å². The van der Waals surface area contributed by atoms with Crippen LogP contribution in [0.5, 0.6) is 0 Å². The van der Waals surface area contributed by atoms with Crippen LogP contribution in [0.3, 0.4) is 0 Å². The molecule has 1 unspecified atom stereocenters. The normalized spacial score (nSPS) is 18.0. The van der Waals surface area contributed by atoms with Gasteiger partial charge in [0.2, 0.25) is 0 Å². The third-order valence-corrected chi connectivity index (χ3v) is 4.20. The van der Waals surface area contributed by atoms with Crippen molar-refractivity contribution in [3.8, 4) is 0 Å². The summed E-state index contributed by atoms with van der Waals surface area (Å²) in [7, 11) is 0. The highest BCUT2D eigenvalue weighted by Gasteiger charge is 2.20. The zero-order chi connectivity index (χ0) is 15.9. The number of hydrogen-bond donors (Lipinski definition) is 1. The summed E-state index contributed by atoms with van der Waals surface area (Å²) in [5.74, 6) is 0. The molecule has 1 atom stereocenters. The van der Waals surface area contributed by atoms with Gasteiger partial charge in [0.1, 0.15) is 4.99 Å². The molecule has 4 heteroatoms. The molecule has 0 aliphatic carbocycles. The molecule has 0 spiro atoms. The van der Waals surface area contributed by atoms with Crippen molar-refractivity contribution in [2.45, 2.75) is 19.2 Å². The second kappa shape index (κ2) is 8.20. The molecule has 0 bridgehead atoms. The van der Waals surface area contributed by atoms with Gasteiger partial charge >= 0.3 is 0 Å². The quantitative estimate of drug-likeness (QED) is 0.825. The van der Waals surface area contributed by atoms with Crippen molar-refractivity contribution in [2.24, 2.45) is 0 Å².